The van der Waals surface area contributed by atoms with Crippen LogP contribution in [0.2, 0.25) is 0 Å². The number of fused-ring (bicyclic) bond motifs is 9. The molecular formula is C34H20OS. The van der Waals surface area contributed by atoms with Crippen molar-refractivity contribution in [1.82, 2.24) is 0 Å². The molecule has 2 heteroatoms. The number of hydrogen-bond acceptors (Lipinski definition) is 2. The van der Waals surface area contributed by atoms with Gasteiger partial charge in [0.1, 0.15) is 0 Å². The zero-order valence-electron chi connectivity index (χ0n) is 19.4. The summed E-state index contributed by atoms with van der Waals surface area (Å²) in [5.74, 6) is 0.145. The predicted molar refractivity (Wildman–Crippen MR) is 153 cm³/mol. The van der Waals surface area contributed by atoms with Gasteiger partial charge in [-0.25, -0.2) is 0 Å². The fraction of sp³-hybridized carbons (Fsp3) is 0. The molecule has 0 fully saturated rings. The van der Waals surface area contributed by atoms with Crippen LogP contribution in [0.15, 0.2) is 121 Å². The Morgan fingerprint density at radius 2 is 0.972 bits per heavy atom. The van der Waals surface area contributed by atoms with Gasteiger partial charge in [0.05, 0.1) is 4.86 Å². The summed E-state index contributed by atoms with van der Waals surface area (Å²) >= 11 is 5.59. The van der Waals surface area contributed by atoms with E-state index in [0.29, 0.717) is 0 Å². The molecule has 0 bridgehead atoms. The number of carbonyl (C=O) groups is 1. The largest absolute Gasteiger partial charge is 0.289 e. The lowest BCUT2D eigenvalue weighted by Crippen LogP contribution is -1.94. The number of benzene rings is 6. The van der Waals surface area contributed by atoms with Gasteiger partial charge in [0.15, 0.2) is 5.78 Å². The molecule has 1 nitrogen and oxygen atoms in total. The zero-order valence-corrected chi connectivity index (χ0v) is 20.2. The van der Waals surface area contributed by atoms with E-state index in [2.05, 4.69) is 72.8 Å². The monoisotopic (exact) mass is 476 g/mol. The summed E-state index contributed by atoms with van der Waals surface area (Å²) in [4.78, 5) is 13.3. The summed E-state index contributed by atoms with van der Waals surface area (Å²) in [6.45, 7) is 0. The quantitative estimate of drug-likeness (QED) is 0.204. The highest BCUT2D eigenvalue weighted by molar-refractivity contribution is 7.81. The topological polar surface area (TPSA) is 17.1 Å². The first-order chi connectivity index (χ1) is 17.7. The minimum Gasteiger partial charge on any atom is -0.289 e. The maximum Gasteiger partial charge on any atom is 0.194 e. The lowest BCUT2D eigenvalue weighted by atomic mass is 9.98. The van der Waals surface area contributed by atoms with E-state index in [9.17, 15) is 4.79 Å². The minimum absolute atomic E-state index is 0.145. The summed E-state index contributed by atoms with van der Waals surface area (Å²) < 4.78 is 0. The van der Waals surface area contributed by atoms with Crippen molar-refractivity contribution >= 4 is 44.4 Å². The van der Waals surface area contributed by atoms with Crippen LogP contribution in [0.25, 0.3) is 43.8 Å². The summed E-state index contributed by atoms with van der Waals surface area (Å²) in [7, 11) is 0. The van der Waals surface area contributed by atoms with Crippen LogP contribution in [0.5, 0.6) is 0 Å². The predicted octanol–water partition coefficient (Wildman–Crippen LogP) is 8.64. The van der Waals surface area contributed by atoms with E-state index in [4.69, 9.17) is 12.2 Å². The van der Waals surface area contributed by atoms with Crippen LogP contribution >= 0.6 is 12.2 Å². The minimum atomic E-state index is 0.145. The third-order valence-corrected chi connectivity index (χ3v) is 7.65. The highest BCUT2D eigenvalue weighted by atomic mass is 32.1. The molecule has 8 rings (SSSR count). The van der Waals surface area contributed by atoms with Gasteiger partial charge in [-0.1, -0.05) is 115 Å². The Hall–Kier alpha value is -4.40. The SMILES string of the molecule is O=C1c2ccccc2-c2c1ccc1ccccc21.S=C1c2ccccc2-c2cc3ccccc3cc21. The van der Waals surface area contributed by atoms with E-state index < -0.39 is 0 Å². The van der Waals surface area contributed by atoms with E-state index >= 15 is 0 Å². The highest BCUT2D eigenvalue weighted by Crippen LogP contribution is 2.41. The Morgan fingerprint density at radius 1 is 0.417 bits per heavy atom. The lowest BCUT2D eigenvalue weighted by molar-refractivity contribution is 0.104. The Bertz CT molecular complexity index is 1870. The molecule has 0 amide bonds. The second-order valence-corrected chi connectivity index (χ2v) is 9.61. The molecule has 0 unspecified atom stereocenters. The molecule has 36 heavy (non-hydrogen) atoms. The van der Waals surface area contributed by atoms with E-state index in [0.717, 1.165) is 32.5 Å². The fourth-order valence-electron chi connectivity index (χ4n) is 5.51. The second kappa shape index (κ2) is 8.08. The van der Waals surface area contributed by atoms with Gasteiger partial charge in [-0.3, -0.25) is 4.79 Å². The van der Waals surface area contributed by atoms with Gasteiger partial charge >= 0.3 is 0 Å². The maximum absolute atomic E-state index is 12.3. The molecule has 0 atom stereocenters. The first-order valence-corrected chi connectivity index (χ1v) is 12.4. The summed E-state index contributed by atoms with van der Waals surface area (Å²) in [5.41, 5.74) is 8.74. The summed E-state index contributed by atoms with van der Waals surface area (Å²) in [6.07, 6.45) is 0. The molecular weight excluding hydrogens is 456 g/mol. The van der Waals surface area contributed by atoms with Gasteiger partial charge in [-0.15, -0.1) is 0 Å². The second-order valence-electron chi connectivity index (χ2n) is 9.20. The molecule has 0 N–H and O–H groups in total. The maximum atomic E-state index is 12.3. The summed E-state index contributed by atoms with van der Waals surface area (Å²) in [6, 6.07) is 41.3. The van der Waals surface area contributed by atoms with Gasteiger partial charge in [0, 0.05) is 27.8 Å². The van der Waals surface area contributed by atoms with Crippen LogP contribution in [0.1, 0.15) is 27.0 Å². The molecule has 2 aliphatic carbocycles. The normalized spacial score (nSPS) is 12.6. The van der Waals surface area contributed by atoms with Crippen LogP contribution in [-0.2, 0) is 0 Å². The van der Waals surface area contributed by atoms with Gasteiger partial charge in [0.2, 0.25) is 0 Å². The van der Waals surface area contributed by atoms with Crippen molar-refractivity contribution in [3.8, 4) is 22.3 Å². The molecule has 168 valence electrons. The van der Waals surface area contributed by atoms with Crippen LogP contribution in [-0.4, -0.2) is 10.6 Å². The van der Waals surface area contributed by atoms with Gasteiger partial charge in [0.25, 0.3) is 0 Å². The standard InChI is InChI=1S/C17H10O.C17H10S/c18-17-14-8-4-3-7-13(14)16-12-6-2-1-5-11(12)9-10-15(16)17;18-17-14-8-4-3-7-13(14)15-9-11-5-1-2-6-12(11)10-16(15)17/h2*1-10H. The number of thiocarbonyl (C=S) groups is 1. The van der Waals surface area contributed by atoms with E-state index in [1.54, 1.807) is 0 Å². The number of ketones is 1. The van der Waals surface area contributed by atoms with Crippen molar-refractivity contribution < 1.29 is 4.79 Å². The number of carbonyl (C=O) groups excluding carboxylic acids is 1. The fourth-order valence-corrected chi connectivity index (χ4v) is 5.85. The number of hydrogen-bond donors (Lipinski definition) is 0. The van der Waals surface area contributed by atoms with E-state index in [1.165, 1.54) is 38.4 Å². The van der Waals surface area contributed by atoms with Crippen LogP contribution < -0.4 is 0 Å². The molecule has 0 saturated carbocycles. The van der Waals surface area contributed by atoms with Crippen molar-refractivity contribution in [3.05, 3.63) is 144 Å². The molecule has 0 radical (unpaired) electrons. The first kappa shape index (κ1) is 20.9. The van der Waals surface area contributed by atoms with Crippen molar-refractivity contribution in [1.29, 1.82) is 0 Å². The van der Waals surface area contributed by atoms with Gasteiger partial charge in [-0.2, -0.15) is 0 Å². The van der Waals surface area contributed by atoms with Crippen LogP contribution in [0.4, 0.5) is 0 Å². The lowest BCUT2D eigenvalue weighted by Gasteiger charge is -2.05. The van der Waals surface area contributed by atoms with Crippen molar-refractivity contribution in [3.63, 3.8) is 0 Å². The third kappa shape index (κ3) is 3.08. The Kier molecular flexibility index (Phi) is 4.70. The van der Waals surface area contributed by atoms with Crippen molar-refractivity contribution in [2.75, 3.05) is 0 Å². The van der Waals surface area contributed by atoms with Crippen molar-refractivity contribution in [2.24, 2.45) is 0 Å². The molecule has 0 aromatic heterocycles. The third-order valence-electron chi connectivity index (χ3n) is 7.21. The molecule has 0 heterocycles. The van der Waals surface area contributed by atoms with Crippen LogP contribution in [0, 0.1) is 0 Å². The zero-order chi connectivity index (χ0) is 24.2. The Labute approximate surface area is 214 Å². The summed E-state index contributed by atoms with van der Waals surface area (Å²) in [5, 5.41) is 4.87. The molecule has 0 aliphatic heterocycles. The smallest absolute Gasteiger partial charge is 0.194 e. The molecule has 6 aromatic rings. The Morgan fingerprint density at radius 3 is 1.72 bits per heavy atom. The average Bonchev–Trinajstić information content (AvgIpc) is 3.39. The van der Waals surface area contributed by atoms with Gasteiger partial charge in [-0.05, 0) is 56.4 Å². The number of rotatable bonds is 0. The van der Waals surface area contributed by atoms with E-state index in [1.807, 2.05) is 48.5 Å². The van der Waals surface area contributed by atoms with E-state index in [-0.39, 0.29) is 5.78 Å². The Balaban J connectivity index is 0.000000122. The average molecular weight is 477 g/mol. The molecule has 6 aromatic carbocycles. The van der Waals surface area contributed by atoms with Gasteiger partial charge < -0.3 is 0 Å². The molecule has 2 aliphatic rings. The highest BCUT2D eigenvalue weighted by Gasteiger charge is 2.27. The molecule has 0 spiro atoms. The van der Waals surface area contributed by atoms with Crippen LogP contribution in [0.3, 0.4) is 0 Å². The van der Waals surface area contributed by atoms with Crippen molar-refractivity contribution in [2.45, 2.75) is 0 Å². The first-order valence-electron chi connectivity index (χ1n) is 12.0. The molecule has 0 saturated heterocycles.